The molecule has 1 saturated carbocycles. The fourth-order valence-electron chi connectivity index (χ4n) is 3.58. The van der Waals surface area contributed by atoms with Gasteiger partial charge in [0.1, 0.15) is 0 Å². The van der Waals surface area contributed by atoms with Crippen molar-refractivity contribution in [2.75, 3.05) is 31.6 Å². The van der Waals surface area contributed by atoms with Crippen LogP contribution in [-0.4, -0.2) is 57.0 Å². The molecule has 2 fully saturated rings. The van der Waals surface area contributed by atoms with Crippen molar-refractivity contribution in [3.05, 3.63) is 0 Å². The third kappa shape index (κ3) is 4.71. The van der Waals surface area contributed by atoms with Crippen LogP contribution < -0.4 is 5.32 Å². The summed E-state index contributed by atoms with van der Waals surface area (Å²) in [5, 5.41) is 3.41. The molecule has 0 aromatic carbocycles. The normalized spacial score (nSPS) is 33.6. The summed E-state index contributed by atoms with van der Waals surface area (Å²) in [5.41, 5.74) is 0. The van der Waals surface area contributed by atoms with E-state index in [1.807, 2.05) is 0 Å². The van der Waals surface area contributed by atoms with Crippen LogP contribution in [0.4, 0.5) is 0 Å². The van der Waals surface area contributed by atoms with Gasteiger partial charge in [-0.1, -0.05) is 13.3 Å². The lowest BCUT2D eigenvalue weighted by Crippen LogP contribution is -2.41. The topological polar surface area (TPSA) is 49.4 Å². The maximum Gasteiger partial charge on any atom is 0.151 e. The highest BCUT2D eigenvalue weighted by Crippen LogP contribution is 2.28. The van der Waals surface area contributed by atoms with Crippen molar-refractivity contribution in [2.45, 2.75) is 57.5 Å². The van der Waals surface area contributed by atoms with E-state index in [0.29, 0.717) is 11.5 Å². The standard InChI is InChI=1S/C15H30N2O2S/c1-3-13-4-6-15(7-5-13)17(2)10-9-16-14-8-11-20(18,19)12-14/h13-16H,3-12H2,1-2H3. The Morgan fingerprint density at radius 1 is 1.15 bits per heavy atom. The van der Waals surface area contributed by atoms with E-state index in [-0.39, 0.29) is 6.04 Å². The molecule has 118 valence electrons. The zero-order chi connectivity index (χ0) is 14.6. The van der Waals surface area contributed by atoms with E-state index in [2.05, 4.69) is 24.2 Å². The SMILES string of the molecule is CCC1CCC(N(C)CCNC2CCS(=O)(=O)C2)CC1. The van der Waals surface area contributed by atoms with E-state index in [1.54, 1.807) is 0 Å². The summed E-state index contributed by atoms with van der Waals surface area (Å²) in [6.07, 6.45) is 7.51. The number of likely N-dealkylation sites (N-methyl/N-ethyl adjacent to an activating group) is 1. The first-order chi connectivity index (χ1) is 9.50. The summed E-state index contributed by atoms with van der Waals surface area (Å²) in [4.78, 5) is 2.46. The molecule has 0 aromatic rings. The van der Waals surface area contributed by atoms with E-state index >= 15 is 0 Å². The molecule has 1 aliphatic heterocycles. The maximum atomic E-state index is 11.4. The molecule has 1 N–H and O–H groups in total. The predicted molar refractivity (Wildman–Crippen MR) is 83.7 cm³/mol. The van der Waals surface area contributed by atoms with Crippen LogP contribution >= 0.6 is 0 Å². The quantitative estimate of drug-likeness (QED) is 0.811. The van der Waals surface area contributed by atoms with Gasteiger partial charge in [0, 0.05) is 25.2 Å². The monoisotopic (exact) mass is 302 g/mol. The minimum atomic E-state index is -2.75. The predicted octanol–water partition coefficient (Wildman–Crippen LogP) is 1.66. The van der Waals surface area contributed by atoms with Crippen LogP contribution in [0.2, 0.25) is 0 Å². The van der Waals surface area contributed by atoms with Gasteiger partial charge in [-0.3, -0.25) is 0 Å². The summed E-state index contributed by atoms with van der Waals surface area (Å²) in [6.45, 7) is 4.23. The summed E-state index contributed by atoms with van der Waals surface area (Å²) >= 11 is 0. The van der Waals surface area contributed by atoms with Crippen molar-refractivity contribution in [1.29, 1.82) is 0 Å². The van der Waals surface area contributed by atoms with Gasteiger partial charge in [0.15, 0.2) is 9.84 Å². The second-order valence-corrected chi connectivity index (χ2v) is 8.85. The molecule has 2 rings (SSSR count). The molecule has 0 radical (unpaired) electrons. The lowest BCUT2D eigenvalue weighted by Gasteiger charge is -2.34. The summed E-state index contributed by atoms with van der Waals surface area (Å²) in [6, 6.07) is 0.913. The number of sulfone groups is 1. The Balaban J connectivity index is 1.62. The summed E-state index contributed by atoms with van der Waals surface area (Å²) < 4.78 is 22.8. The third-order valence-electron chi connectivity index (χ3n) is 5.15. The van der Waals surface area contributed by atoms with Gasteiger partial charge in [0.05, 0.1) is 11.5 Å². The minimum Gasteiger partial charge on any atom is -0.312 e. The second kappa shape index (κ2) is 7.23. The first-order valence-electron chi connectivity index (χ1n) is 8.14. The zero-order valence-corrected chi connectivity index (χ0v) is 13.8. The number of nitrogens with zero attached hydrogens (tertiary/aromatic N) is 1. The largest absolute Gasteiger partial charge is 0.312 e. The van der Waals surface area contributed by atoms with E-state index in [4.69, 9.17) is 0 Å². The van der Waals surface area contributed by atoms with Crippen molar-refractivity contribution in [1.82, 2.24) is 10.2 Å². The van der Waals surface area contributed by atoms with Gasteiger partial charge in [-0.2, -0.15) is 0 Å². The smallest absolute Gasteiger partial charge is 0.151 e. The molecule has 1 aliphatic carbocycles. The molecule has 1 unspecified atom stereocenters. The van der Waals surface area contributed by atoms with Crippen molar-refractivity contribution < 1.29 is 8.42 Å². The van der Waals surface area contributed by atoms with Crippen molar-refractivity contribution in [3.8, 4) is 0 Å². The highest BCUT2D eigenvalue weighted by atomic mass is 32.2. The Bertz CT molecular complexity index is 389. The van der Waals surface area contributed by atoms with Crippen molar-refractivity contribution in [3.63, 3.8) is 0 Å². The van der Waals surface area contributed by atoms with Gasteiger partial charge >= 0.3 is 0 Å². The molecule has 0 bridgehead atoms. The number of rotatable bonds is 6. The molecule has 1 heterocycles. The molecule has 1 atom stereocenters. The van der Waals surface area contributed by atoms with Crippen LogP contribution in [0.3, 0.4) is 0 Å². The number of hydrogen-bond acceptors (Lipinski definition) is 4. The van der Waals surface area contributed by atoms with E-state index in [0.717, 1.165) is 31.5 Å². The highest BCUT2D eigenvalue weighted by molar-refractivity contribution is 7.91. The van der Waals surface area contributed by atoms with Gasteiger partial charge < -0.3 is 10.2 Å². The van der Waals surface area contributed by atoms with Crippen LogP contribution in [0.15, 0.2) is 0 Å². The Labute approximate surface area is 124 Å². The average molecular weight is 302 g/mol. The number of hydrogen-bond donors (Lipinski definition) is 1. The van der Waals surface area contributed by atoms with Gasteiger partial charge in [0.25, 0.3) is 0 Å². The Morgan fingerprint density at radius 2 is 1.85 bits per heavy atom. The van der Waals surface area contributed by atoms with E-state index < -0.39 is 9.84 Å². The number of nitrogens with one attached hydrogen (secondary N) is 1. The first kappa shape index (κ1) is 16.2. The van der Waals surface area contributed by atoms with Crippen LogP contribution in [0.5, 0.6) is 0 Å². The lowest BCUT2D eigenvalue weighted by atomic mass is 9.84. The fraction of sp³-hybridized carbons (Fsp3) is 1.00. The molecular formula is C15H30N2O2S. The molecule has 0 aromatic heterocycles. The Kier molecular flexibility index (Phi) is 5.87. The average Bonchev–Trinajstić information content (AvgIpc) is 2.78. The van der Waals surface area contributed by atoms with Crippen LogP contribution in [0, 0.1) is 5.92 Å². The molecule has 2 aliphatic rings. The van der Waals surface area contributed by atoms with E-state index in [1.165, 1.54) is 32.1 Å². The van der Waals surface area contributed by atoms with Crippen molar-refractivity contribution >= 4 is 9.84 Å². The summed E-state index contributed by atoms with van der Waals surface area (Å²) in [7, 11) is -0.539. The van der Waals surface area contributed by atoms with Crippen molar-refractivity contribution in [2.24, 2.45) is 5.92 Å². The van der Waals surface area contributed by atoms with Crippen LogP contribution in [0.1, 0.15) is 45.4 Å². The van der Waals surface area contributed by atoms with Gasteiger partial charge in [-0.05, 0) is 45.1 Å². The highest BCUT2D eigenvalue weighted by Gasteiger charge is 2.27. The zero-order valence-electron chi connectivity index (χ0n) is 13.0. The minimum absolute atomic E-state index is 0.184. The van der Waals surface area contributed by atoms with E-state index in [9.17, 15) is 8.42 Å². The Hall–Kier alpha value is -0.130. The third-order valence-corrected chi connectivity index (χ3v) is 6.91. The van der Waals surface area contributed by atoms with Gasteiger partial charge in [-0.25, -0.2) is 8.42 Å². The lowest BCUT2D eigenvalue weighted by molar-refractivity contribution is 0.163. The van der Waals surface area contributed by atoms with Gasteiger partial charge in [-0.15, -0.1) is 0 Å². The first-order valence-corrected chi connectivity index (χ1v) is 9.96. The van der Waals surface area contributed by atoms with Crippen LogP contribution in [0.25, 0.3) is 0 Å². The fourth-order valence-corrected chi connectivity index (χ4v) is 5.29. The molecule has 0 spiro atoms. The molecule has 4 nitrogen and oxygen atoms in total. The van der Waals surface area contributed by atoms with Gasteiger partial charge in [0.2, 0.25) is 0 Å². The molecule has 5 heteroatoms. The Morgan fingerprint density at radius 3 is 2.40 bits per heavy atom. The molecule has 1 saturated heterocycles. The molecular weight excluding hydrogens is 272 g/mol. The van der Waals surface area contributed by atoms with Crippen LogP contribution in [-0.2, 0) is 9.84 Å². The maximum absolute atomic E-state index is 11.4. The molecule has 0 amide bonds. The molecule has 20 heavy (non-hydrogen) atoms. The second-order valence-electron chi connectivity index (χ2n) is 6.62. The summed E-state index contributed by atoms with van der Waals surface area (Å²) in [5.74, 6) is 1.64.